The summed E-state index contributed by atoms with van der Waals surface area (Å²) in [4.78, 5) is 14.5. The Labute approximate surface area is 83.0 Å². The first-order chi connectivity index (χ1) is 6.49. The Morgan fingerprint density at radius 1 is 1.64 bits per heavy atom. The summed E-state index contributed by atoms with van der Waals surface area (Å²) in [7, 11) is 0. The van der Waals surface area contributed by atoms with Gasteiger partial charge in [-0.2, -0.15) is 0 Å². The Hall–Kier alpha value is -1.58. The second kappa shape index (κ2) is 4.09. The Morgan fingerprint density at radius 2 is 2.36 bits per heavy atom. The quantitative estimate of drug-likeness (QED) is 0.769. The van der Waals surface area contributed by atoms with E-state index in [0.717, 1.165) is 5.56 Å². The lowest BCUT2D eigenvalue weighted by molar-refractivity contribution is 0.182. The molecule has 76 valence electrons. The van der Waals surface area contributed by atoms with Gasteiger partial charge < -0.3 is 10.4 Å². The summed E-state index contributed by atoms with van der Waals surface area (Å²) in [6, 6.07) is 3.77. The zero-order valence-electron chi connectivity index (χ0n) is 8.32. The summed E-state index contributed by atoms with van der Waals surface area (Å²) in [5, 5.41) is 11.1. The molecule has 0 unspecified atom stereocenters. The summed E-state index contributed by atoms with van der Waals surface area (Å²) < 4.78 is 0. The van der Waals surface area contributed by atoms with E-state index in [1.165, 1.54) is 0 Å². The van der Waals surface area contributed by atoms with Gasteiger partial charge in [-0.05, 0) is 31.9 Å². The lowest BCUT2D eigenvalue weighted by Gasteiger charge is -2.24. The first-order valence-corrected chi connectivity index (χ1v) is 4.40. The van der Waals surface area contributed by atoms with Crippen LogP contribution < -0.4 is 5.32 Å². The van der Waals surface area contributed by atoms with E-state index in [9.17, 15) is 4.79 Å². The van der Waals surface area contributed by atoms with Crippen molar-refractivity contribution in [3.63, 3.8) is 0 Å². The average molecular weight is 194 g/mol. The second-order valence-electron chi connectivity index (χ2n) is 3.85. The fraction of sp³-hybridized carbons (Fsp3) is 0.400. The molecule has 0 aromatic carbocycles. The van der Waals surface area contributed by atoms with Crippen molar-refractivity contribution in [1.29, 1.82) is 0 Å². The Morgan fingerprint density at radius 3 is 2.86 bits per heavy atom. The number of rotatable bonds is 3. The second-order valence-corrected chi connectivity index (χ2v) is 3.85. The van der Waals surface area contributed by atoms with Crippen molar-refractivity contribution in [3.8, 4) is 0 Å². The maximum Gasteiger partial charge on any atom is 0.405 e. The van der Waals surface area contributed by atoms with E-state index in [1.807, 2.05) is 26.0 Å². The number of nitrogens with zero attached hydrogens (tertiary/aromatic N) is 1. The largest absolute Gasteiger partial charge is 0.465 e. The monoisotopic (exact) mass is 194 g/mol. The van der Waals surface area contributed by atoms with E-state index in [4.69, 9.17) is 5.11 Å². The van der Waals surface area contributed by atoms with Gasteiger partial charge in [-0.3, -0.25) is 4.98 Å². The number of hydrogen-bond acceptors (Lipinski definition) is 2. The van der Waals surface area contributed by atoms with Crippen LogP contribution in [0.25, 0.3) is 0 Å². The topological polar surface area (TPSA) is 62.2 Å². The van der Waals surface area contributed by atoms with Crippen LogP contribution in [-0.4, -0.2) is 21.7 Å². The van der Waals surface area contributed by atoms with Crippen molar-refractivity contribution in [1.82, 2.24) is 10.3 Å². The maximum absolute atomic E-state index is 10.5. The molecule has 0 saturated heterocycles. The van der Waals surface area contributed by atoms with Crippen molar-refractivity contribution in [3.05, 3.63) is 30.1 Å². The molecule has 1 heterocycles. The molecule has 1 amide bonds. The van der Waals surface area contributed by atoms with Gasteiger partial charge in [0.05, 0.1) is 0 Å². The normalized spacial score (nSPS) is 11.0. The van der Waals surface area contributed by atoms with Crippen LogP contribution in [0.1, 0.15) is 19.4 Å². The molecule has 0 saturated carbocycles. The smallest absolute Gasteiger partial charge is 0.405 e. The highest BCUT2D eigenvalue weighted by atomic mass is 16.4. The zero-order chi connectivity index (χ0) is 10.6. The van der Waals surface area contributed by atoms with Crippen LogP contribution in [-0.2, 0) is 6.42 Å². The zero-order valence-corrected chi connectivity index (χ0v) is 8.32. The minimum Gasteiger partial charge on any atom is -0.465 e. The number of pyridine rings is 1. The standard InChI is InChI=1S/C10H14N2O2/c1-10(2,12-9(13)14)6-8-4-3-5-11-7-8/h3-5,7,12H,6H2,1-2H3,(H,13,14). The van der Waals surface area contributed by atoms with Gasteiger partial charge in [0.1, 0.15) is 0 Å². The van der Waals surface area contributed by atoms with Crippen molar-refractivity contribution < 1.29 is 9.90 Å². The van der Waals surface area contributed by atoms with Crippen LogP contribution in [0, 0.1) is 0 Å². The molecular formula is C10H14N2O2. The maximum atomic E-state index is 10.5. The average Bonchev–Trinajstić information content (AvgIpc) is 2.02. The van der Waals surface area contributed by atoms with Crippen LogP contribution >= 0.6 is 0 Å². The molecule has 0 radical (unpaired) electrons. The van der Waals surface area contributed by atoms with E-state index in [-0.39, 0.29) is 0 Å². The molecule has 2 N–H and O–H groups in total. The number of nitrogens with one attached hydrogen (secondary N) is 1. The highest BCUT2D eigenvalue weighted by Gasteiger charge is 2.20. The van der Waals surface area contributed by atoms with E-state index in [1.54, 1.807) is 12.4 Å². The molecular weight excluding hydrogens is 180 g/mol. The third kappa shape index (κ3) is 3.43. The molecule has 1 aromatic heterocycles. The van der Waals surface area contributed by atoms with Crippen molar-refractivity contribution in [2.45, 2.75) is 25.8 Å². The summed E-state index contributed by atoms with van der Waals surface area (Å²) in [5.41, 5.74) is 0.556. The molecule has 1 rings (SSSR count). The fourth-order valence-electron chi connectivity index (χ4n) is 1.35. The van der Waals surface area contributed by atoms with E-state index in [2.05, 4.69) is 10.3 Å². The summed E-state index contributed by atoms with van der Waals surface area (Å²) >= 11 is 0. The van der Waals surface area contributed by atoms with Gasteiger partial charge in [0.15, 0.2) is 0 Å². The Bertz CT molecular complexity index is 309. The predicted molar refractivity (Wildman–Crippen MR) is 53.2 cm³/mol. The minimum absolute atomic E-state index is 0.463. The molecule has 4 heteroatoms. The number of aromatic nitrogens is 1. The molecule has 0 aliphatic rings. The SMILES string of the molecule is CC(C)(Cc1cccnc1)NC(=O)O. The lowest BCUT2D eigenvalue weighted by Crippen LogP contribution is -2.44. The molecule has 14 heavy (non-hydrogen) atoms. The highest BCUT2D eigenvalue weighted by Crippen LogP contribution is 2.11. The van der Waals surface area contributed by atoms with E-state index >= 15 is 0 Å². The van der Waals surface area contributed by atoms with Crippen molar-refractivity contribution >= 4 is 6.09 Å². The third-order valence-electron chi connectivity index (χ3n) is 1.81. The number of carboxylic acid groups (broad SMARTS) is 1. The molecule has 0 aliphatic carbocycles. The van der Waals surface area contributed by atoms with Crippen LogP contribution in [0.2, 0.25) is 0 Å². The van der Waals surface area contributed by atoms with Gasteiger partial charge >= 0.3 is 6.09 Å². The van der Waals surface area contributed by atoms with Gasteiger partial charge in [0.25, 0.3) is 0 Å². The van der Waals surface area contributed by atoms with Gasteiger partial charge in [0, 0.05) is 17.9 Å². The molecule has 0 fully saturated rings. The molecule has 1 aromatic rings. The van der Waals surface area contributed by atoms with Crippen LogP contribution in [0.4, 0.5) is 4.79 Å². The van der Waals surface area contributed by atoms with Crippen molar-refractivity contribution in [2.24, 2.45) is 0 Å². The molecule has 4 nitrogen and oxygen atoms in total. The first-order valence-electron chi connectivity index (χ1n) is 4.40. The van der Waals surface area contributed by atoms with E-state index in [0.29, 0.717) is 6.42 Å². The van der Waals surface area contributed by atoms with Crippen molar-refractivity contribution in [2.75, 3.05) is 0 Å². The van der Waals surface area contributed by atoms with Crippen LogP contribution in [0.3, 0.4) is 0 Å². The molecule has 0 atom stereocenters. The predicted octanol–water partition coefficient (Wildman–Crippen LogP) is 1.67. The third-order valence-corrected chi connectivity index (χ3v) is 1.81. The van der Waals surface area contributed by atoms with Gasteiger partial charge in [-0.25, -0.2) is 4.79 Å². The Kier molecular flexibility index (Phi) is 3.06. The minimum atomic E-state index is -1.00. The highest BCUT2D eigenvalue weighted by molar-refractivity contribution is 5.65. The van der Waals surface area contributed by atoms with Gasteiger partial charge in [0.2, 0.25) is 0 Å². The fourth-order valence-corrected chi connectivity index (χ4v) is 1.35. The number of amides is 1. The van der Waals surface area contributed by atoms with E-state index < -0.39 is 11.6 Å². The molecule has 0 spiro atoms. The summed E-state index contributed by atoms with van der Waals surface area (Å²) in [6.07, 6.45) is 3.07. The van der Waals surface area contributed by atoms with Gasteiger partial charge in [-0.15, -0.1) is 0 Å². The number of hydrogen-bond donors (Lipinski definition) is 2. The number of carbonyl (C=O) groups is 1. The summed E-state index contributed by atoms with van der Waals surface area (Å²) in [5.74, 6) is 0. The summed E-state index contributed by atoms with van der Waals surface area (Å²) in [6.45, 7) is 3.68. The molecule has 0 aliphatic heterocycles. The van der Waals surface area contributed by atoms with Crippen LogP contribution in [0.5, 0.6) is 0 Å². The molecule has 0 bridgehead atoms. The Balaban J connectivity index is 2.63. The first kappa shape index (κ1) is 10.5. The lowest BCUT2D eigenvalue weighted by atomic mass is 9.96. The van der Waals surface area contributed by atoms with Gasteiger partial charge in [-0.1, -0.05) is 6.07 Å². The van der Waals surface area contributed by atoms with Crippen LogP contribution in [0.15, 0.2) is 24.5 Å².